The quantitative estimate of drug-likeness (QED) is 0.380. The number of nitrogens with zero attached hydrogens (tertiary/aromatic N) is 1. The molecular weight excluding hydrogens is 320 g/mol. The highest BCUT2D eigenvalue weighted by molar-refractivity contribution is 7.99. The zero-order valence-corrected chi connectivity index (χ0v) is 13.6. The Kier molecular flexibility index (Phi) is 5.57. The molecule has 0 saturated carbocycles. The number of thioether (sulfide) groups is 1. The van der Waals surface area contributed by atoms with Gasteiger partial charge in [0.25, 0.3) is 5.56 Å². The predicted octanol–water partition coefficient (Wildman–Crippen LogP) is 3.44. The van der Waals surface area contributed by atoms with E-state index in [1.54, 1.807) is 37.3 Å². The molecule has 0 aliphatic heterocycles. The Bertz CT molecular complexity index is 754. The zero-order valence-electron chi connectivity index (χ0n) is 12.1. The molecule has 0 radical (unpaired) electrons. The number of halogens is 1. The van der Waals surface area contributed by atoms with Gasteiger partial charge in [0.2, 0.25) is 0 Å². The molecule has 1 aromatic carbocycles. The molecule has 0 aliphatic carbocycles. The van der Waals surface area contributed by atoms with Crippen molar-refractivity contribution in [2.75, 3.05) is 5.75 Å². The number of rotatable bonds is 6. The van der Waals surface area contributed by atoms with Crippen LogP contribution in [0.3, 0.4) is 0 Å². The Balaban J connectivity index is 2.08. The summed E-state index contributed by atoms with van der Waals surface area (Å²) in [5, 5.41) is 1.03. The number of ketones is 1. The standard InChI is InChI=1S/C16H15ClN2O2S/c1-3-4-13-10(2)18-16(19-15(13)21)22-9-14(20)11-5-7-12(17)8-6-11/h3,5-8H,1,4,9H2,2H3,(H,18,19,21). The lowest BCUT2D eigenvalue weighted by Gasteiger charge is -2.05. The van der Waals surface area contributed by atoms with Crippen LogP contribution in [0.5, 0.6) is 0 Å². The van der Waals surface area contributed by atoms with Crippen LogP contribution in [0.2, 0.25) is 5.02 Å². The van der Waals surface area contributed by atoms with Crippen molar-refractivity contribution in [3.05, 3.63) is 69.1 Å². The molecule has 114 valence electrons. The molecule has 0 aliphatic rings. The number of carbonyl (C=O) groups excluding carboxylic acids is 1. The first kappa shape index (κ1) is 16.5. The van der Waals surface area contributed by atoms with Crippen LogP contribution in [-0.2, 0) is 6.42 Å². The number of aromatic nitrogens is 2. The minimum absolute atomic E-state index is 0.0443. The summed E-state index contributed by atoms with van der Waals surface area (Å²) in [6, 6.07) is 6.71. The molecule has 2 rings (SSSR count). The topological polar surface area (TPSA) is 62.8 Å². The number of nitrogens with one attached hydrogen (secondary N) is 1. The van der Waals surface area contributed by atoms with Crippen LogP contribution in [0.15, 0.2) is 46.9 Å². The predicted molar refractivity (Wildman–Crippen MR) is 90.0 cm³/mol. The Morgan fingerprint density at radius 3 is 2.68 bits per heavy atom. The van der Waals surface area contributed by atoms with Gasteiger partial charge in [0, 0.05) is 21.8 Å². The fraction of sp³-hybridized carbons (Fsp3) is 0.188. The van der Waals surface area contributed by atoms with Gasteiger partial charge in [-0.2, -0.15) is 0 Å². The molecule has 0 unspecified atom stereocenters. The highest BCUT2D eigenvalue weighted by atomic mass is 35.5. The summed E-state index contributed by atoms with van der Waals surface area (Å²) in [6.45, 7) is 5.40. The van der Waals surface area contributed by atoms with Crippen molar-refractivity contribution in [1.82, 2.24) is 9.97 Å². The maximum absolute atomic E-state index is 12.1. The molecule has 4 nitrogen and oxygen atoms in total. The van der Waals surface area contributed by atoms with Crippen molar-refractivity contribution in [3.63, 3.8) is 0 Å². The molecule has 2 aromatic rings. The van der Waals surface area contributed by atoms with Crippen LogP contribution in [0.1, 0.15) is 21.6 Å². The van der Waals surface area contributed by atoms with E-state index < -0.39 is 0 Å². The smallest absolute Gasteiger partial charge is 0.255 e. The van der Waals surface area contributed by atoms with Gasteiger partial charge < -0.3 is 4.98 Å². The third kappa shape index (κ3) is 4.08. The largest absolute Gasteiger partial charge is 0.301 e. The van der Waals surface area contributed by atoms with E-state index in [-0.39, 0.29) is 17.1 Å². The number of H-pyrrole nitrogens is 1. The molecule has 0 saturated heterocycles. The van der Waals surface area contributed by atoms with E-state index in [2.05, 4.69) is 16.5 Å². The third-order valence-electron chi connectivity index (χ3n) is 3.06. The molecule has 0 fully saturated rings. The molecule has 1 heterocycles. The highest BCUT2D eigenvalue weighted by Crippen LogP contribution is 2.16. The summed E-state index contributed by atoms with van der Waals surface area (Å²) in [4.78, 5) is 31.0. The van der Waals surface area contributed by atoms with Gasteiger partial charge in [0.1, 0.15) is 0 Å². The summed E-state index contributed by atoms with van der Waals surface area (Å²) in [6.07, 6.45) is 2.14. The van der Waals surface area contributed by atoms with Crippen molar-refractivity contribution in [2.45, 2.75) is 18.5 Å². The van der Waals surface area contributed by atoms with E-state index in [9.17, 15) is 9.59 Å². The number of aryl methyl sites for hydroxylation is 1. The maximum atomic E-state index is 12.1. The number of carbonyl (C=O) groups is 1. The summed E-state index contributed by atoms with van der Waals surface area (Å²) < 4.78 is 0. The Labute approximate surface area is 137 Å². The van der Waals surface area contributed by atoms with Crippen molar-refractivity contribution in [3.8, 4) is 0 Å². The molecule has 0 amide bonds. The van der Waals surface area contributed by atoms with Crippen molar-refractivity contribution in [2.24, 2.45) is 0 Å². The summed E-state index contributed by atoms with van der Waals surface area (Å²) in [5.74, 6) is 0.155. The van der Waals surface area contributed by atoms with Gasteiger partial charge in [-0.3, -0.25) is 9.59 Å². The van der Waals surface area contributed by atoms with Crippen LogP contribution >= 0.6 is 23.4 Å². The highest BCUT2D eigenvalue weighted by Gasteiger charge is 2.10. The summed E-state index contributed by atoms with van der Waals surface area (Å²) in [5.41, 5.74) is 1.65. The monoisotopic (exact) mass is 334 g/mol. The van der Waals surface area contributed by atoms with Crippen LogP contribution in [0.25, 0.3) is 0 Å². The first-order valence-corrected chi connectivity index (χ1v) is 8.00. The van der Waals surface area contributed by atoms with Crippen molar-refractivity contribution in [1.29, 1.82) is 0 Å². The van der Waals surface area contributed by atoms with Gasteiger partial charge in [-0.05, 0) is 37.6 Å². The summed E-state index contributed by atoms with van der Waals surface area (Å²) in [7, 11) is 0. The molecule has 0 bridgehead atoms. The molecule has 22 heavy (non-hydrogen) atoms. The van der Waals surface area contributed by atoms with Crippen molar-refractivity contribution < 1.29 is 4.79 Å². The molecule has 1 aromatic heterocycles. The minimum Gasteiger partial charge on any atom is -0.301 e. The average Bonchev–Trinajstić information content (AvgIpc) is 2.49. The first-order valence-electron chi connectivity index (χ1n) is 6.63. The first-order chi connectivity index (χ1) is 10.5. The van der Waals surface area contributed by atoms with Crippen LogP contribution < -0.4 is 5.56 Å². The van der Waals surface area contributed by atoms with E-state index in [1.807, 2.05) is 0 Å². The fourth-order valence-electron chi connectivity index (χ4n) is 1.89. The number of hydrogen-bond acceptors (Lipinski definition) is 4. The zero-order chi connectivity index (χ0) is 16.1. The second-order valence-electron chi connectivity index (χ2n) is 4.65. The number of allylic oxidation sites excluding steroid dienone is 1. The number of benzene rings is 1. The van der Waals surface area contributed by atoms with E-state index >= 15 is 0 Å². The summed E-state index contributed by atoms with van der Waals surface area (Å²) >= 11 is 7.00. The molecular formula is C16H15ClN2O2S. The lowest BCUT2D eigenvalue weighted by Crippen LogP contribution is -2.17. The minimum atomic E-state index is -0.186. The van der Waals surface area contributed by atoms with Gasteiger partial charge >= 0.3 is 0 Å². The second-order valence-corrected chi connectivity index (χ2v) is 6.05. The van der Waals surface area contributed by atoms with Crippen LogP contribution in [-0.4, -0.2) is 21.5 Å². The van der Waals surface area contributed by atoms with E-state index in [1.165, 1.54) is 11.8 Å². The molecule has 0 spiro atoms. The van der Waals surface area contributed by atoms with E-state index in [0.29, 0.717) is 33.4 Å². The van der Waals surface area contributed by atoms with Crippen LogP contribution in [0, 0.1) is 6.92 Å². The van der Waals surface area contributed by atoms with Gasteiger partial charge in [0.15, 0.2) is 10.9 Å². The van der Waals surface area contributed by atoms with Gasteiger partial charge in [-0.15, -0.1) is 6.58 Å². The SMILES string of the molecule is C=CCc1c(C)nc(SCC(=O)c2ccc(Cl)cc2)[nH]c1=O. The van der Waals surface area contributed by atoms with Crippen molar-refractivity contribution >= 4 is 29.1 Å². The fourth-order valence-corrected chi connectivity index (χ4v) is 2.82. The normalized spacial score (nSPS) is 10.5. The number of Topliss-reactive ketones (excluding diaryl/α,β-unsaturated/α-hetero) is 1. The maximum Gasteiger partial charge on any atom is 0.255 e. The lowest BCUT2D eigenvalue weighted by atomic mass is 10.1. The average molecular weight is 335 g/mol. The van der Waals surface area contributed by atoms with Gasteiger partial charge in [-0.1, -0.05) is 29.4 Å². The number of hydrogen-bond donors (Lipinski definition) is 1. The van der Waals surface area contributed by atoms with Gasteiger partial charge in [0.05, 0.1) is 5.75 Å². The van der Waals surface area contributed by atoms with E-state index in [0.717, 1.165) is 0 Å². The second kappa shape index (κ2) is 7.42. The molecule has 0 atom stereocenters. The Morgan fingerprint density at radius 2 is 2.09 bits per heavy atom. The van der Waals surface area contributed by atoms with Crippen LogP contribution in [0.4, 0.5) is 0 Å². The van der Waals surface area contributed by atoms with E-state index in [4.69, 9.17) is 11.6 Å². The third-order valence-corrected chi connectivity index (χ3v) is 4.18. The Hall–Kier alpha value is -1.85. The molecule has 1 N–H and O–H groups in total. The molecule has 6 heteroatoms. The van der Waals surface area contributed by atoms with Gasteiger partial charge in [-0.25, -0.2) is 4.98 Å². The number of aromatic amines is 1. The lowest BCUT2D eigenvalue weighted by molar-refractivity contribution is 0.102. The Morgan fingerprint density at radius 1 is 1.41 bits per heavy atom.